The molecule has 0 aliphatic rings. The van der Waals surface area contributed by atoms with Crippen molar-refractivity contribution in [2.45, 2.75) is 46.1 Å². The average Bonchev–Trinajstić information content (AvgIpc) is 2.81. The van der Waals surface area contributed by atoms with Crippen LogP contribution in [0.4, 0.5) is 29.2 Å². The molecule has 2 N–H and O–H groups in total. The summed E-state index contributed by atoms with van der Waals surface area (Å²) in [6.45, 7) is 2.79. The molecule has 0 radical (unpaired) electrons. The van der Waals surface area contributed by atoms with E-state index in [1.165, 1.54) is 19.9 Å². The van der Waals surface area contributed by atoms with Crippen molar-refractivity contribution >= 4 is 29.2 Å². The maximum atomic E-state index is 14.5. The van der Waals surface area contributed by atoms with Gasteiger partial charge in [0.1, 0.15) is 0 Å². The smallest absolute Gasteiger partial charge is 0.425 e. The highest BCUT2D eigenvalue weighted by molar-refractivity contribution is 6.30. The van der Waals surface area contributed by atoms with Crippen LogP contribution in [-0.4, -0.2) is 37.5 Å². The summed E-state index contributed by atoms with van der Waals surface area (Å²) in [5, 5.41) is 12.5. The van der Waals surface area contributed by atoms with E-state index in [0.29, 0.717) is 15.2 Å². The highest BCUT2D eigenvalue weighted by Crippen LogP contribution is 2.29. The van der Waals surface area contributed by atoms with Crippen molar-refractivity contribution in [2.24, 2.45) is 5.41 Å². The van der Waals surface area contributed by atoms with Crippen LogP contribution >= 0.6 is 11.6 Å². The van der Waals surface area contributed by atoms with Gasteiger partial charge in [0.25, 0.3) is 0 Å². The van der Waals surface area contributed by atoms with Crippen LogP contribution in [-0.2, 0) is 17.9 Å². The van der Waals surface area contributed by atoms with E-state index in [4.69, 9.17) is 11.6 Å². The number of aromatic nitrogens is 3. The molecule has 1 unspecified atom stereocenters. The zero-order valence-corrected chi connectivity index (χ0v) is 21.1. The number of ether oxygens (including phenoxy) is 1. The SMILES string of the molecule is CC(Oc1ccc(Nc2nc(=O)n(CC(C)(C)C(=O)O)c(=O)n2Cc2ccc(Cl)cc2)cc1F)C(F)(F)F. The number of anilines is 2. The highest BCUT2D eigenvalue weighted by atomic mass is 35.5. The monoisotopic (exact) mass is 558 g/mol. The standard InChI is InChI=1S/C24H23ClF4N4O5/c1-13(24(27,28)29)38-18-9-8-16(10-17(18)26)30-20-31-21(36)33(12-23(2,3)19(34)35)22(37)32(20)11-14-4-6-15(25)7-5-14/h4-10,13H,11-12H2,1-3H3,(H,34,35)(H,30,31,36). The molecule has 38 heavy (non-hydrogen) atoms. The molecule has 0 saturated heterocycles. The molecule has 9 nitrogen and oxygen atoms in total. The number of rotatable bonds is 9. The lowest BCUT2D eigenvalue weighted by Crippen LogP contribution is -2.46. The molecule has 1 heterocycles. The first kappa shape index (κ1) is 28.7. The molecule has 0 amide bonds. The van der Waals surface area contributed by atoms with E-state index in [2.05, 4.69) is 15.0 Å². The molecule has 0 saturated carbocycles. The molecule has 14 heteroatoms. The van der Waals surface area contributed by atoms with Crippen molar-refractivity contribution in [1.82, 2.24) is 14.1 Å². The van der Waals surface area contributed by atoms with Crippen LogP contribution < -0.4 is 21.4 Å². The number of carbonyl (C=O) groups is 1. The molecule has 3 rings (SSSR count). The van der Waals surface area contributed by atoms with Gasteiger partial charge in [0.2, 0.25) is 5.95 Å². The first-order valence-electron chi connectivity index (χ1n) is 11.1. The van der Waals surface area contributed by atoms with E-state index in [-0.39, 0.29) is 18.2 Å². The number of carboxylic acids is 1. The Morgan fingerprint density at radius 3 is 2.32 bits per heavy atom. The second kappa shape index (κ2) is 10.9. The van der Waals surface area contributed by atoms with E-state index in [0.717, 1.165) is 23.6 Å². The van der Waals surface area contributed by atoms with Crippen LogP contribution in [0.1, 0.15) is 26.3 Å². The van der Waals surface area contributed by atoms with E-state index in [9.17, 15) is 37.1 Å². The normalized spacial score (nSPS) is 12.7. The zero-order valence-electron chi connectivity index (χ0n) is 20.3. The van der Waals surface area contributed by atoms with Gasteiger partial charge in [0.15, 0.2) is 17.7 Å². The van der Waals surface area contributed by atoms with Gasteiger partial charge in [-0.2, -0.15) is 18.2 Å². The first-order chi connectivity index (χ1) is 17.6. The van der Waals surface area contributed by atoms with Gasteiger partial charge in [0.05, 0.1) is 12.0 Å². The number of halogens is 5. The minimum Gasteiger partial charge on any atom is -0.481 e. The molecule has 0 spiro atoms. The van der Waals surface area contributed by atoms with Crippen molar-refractivity contribution in [2.75, 3.05) is 5.32 Å². The molecule has 3 aromatic rings. The van der Waals surface area contributed by atoms with E-state index in [1.807, 2.05) is 0 Å². The average molecular weight is 559 g/mol. The molecule has 1 atom stereocenters. The van der Waals surface area contributed by atoms with Crippen LogP contribution in [0.2, 0.25) is 5.02 Å². The van der Waals surface area contributed by atoms with Crippen molar-refractivity contribution < 1.29 is 32.2 Å². The van der Waals surface area contributed by atoms with Crippen LogP contribution in [0, 0.1) is 11.2 Å². The maximum Gasteiger partial charge on any atom is 0.425 e. The van der Waals surface area contributed by atoms with Gasteiger partial charge < -0.3 is 15.2 Å². The fourth-order valence-electron chi connectivity index (χ4n) is 3.20. The lowest BCUT2D eigenvalue weighted by atomic mass is 9.94. The molecule has 0 aliphatic heterocycles. The van der Waals surface area contributed by atoms with Gasteiger partial charge >= 0.3 is 23.5 Å². The van der Waals surface area contributed by atoms with E-state index >= 15 is 0 Å². The van der Waals surface area contributed by atoms with Crippen molar-refractivity contribution in [3.63, 3.8) is 0 Å². The Balaban J connectivity index is 2.04. The lowest BCUT2D eigenvalue weighted by molar-refractivity contribution is -0.189. The third kappa shape index (κ3) is 6.71. The summed E-state index contributed by atoms with van der Waals surface area (Å²) in [5.41, 5.74) is -2.91. The van der Waals surface area contributed by atoms with E-state index < -0.39 is 53.2 Å². The maximum absolute atomic E-state index is 14.5. The summed E-state index contributed by atoms with van der Waals surface area (Å²) in [4.78, 5) is 41.5. The predicted molar refractivity (Wildman–Crippen MR) is 131 cm³/mol. The minimum absolute atomic E-state index is 0.0470. The molecular weight excluding hydrogens is 536 g/mol. The summed E-state index contributed by atoms with van der Waals surface area (Å²) in [6, 6.07) is 9.32. The van der Waals surface area contributed by atoms with Gasteiger partial charge in [-0.05, 0) is 50.6 Å². The van der Waals surface area contributed by atoms with Gasteiger partial charge in [-0.15, -0.1) is 0 Å². The van der Waals surface area contributed by atoms with E-state index in [1.54, 1.807) is 24.3 Å². The van der Waals surface area contributed by atoms with Crippen LogP contribution in [0.5, 0.6) is 5.75 Å². The van der Waals surface area contributed by atoms with Crippen molar-refractivity contribution in [3.8, 4) is 5.75 Å². The summed E-state index contributed by atoms with van der Waals surface area (Å²) >= 11 is 5.91. The fourth-order valence-corrected chi connectivity index (χ4v) is 3.32. The topological polar surface area (TPSA) is 115 Å². The summed E-state index contributed by atoms with van der Waals surface area (Å²) < 4.78 is 59.1. The minimum atomic E-state index is -4.70. The molecule has 0 bridgehead atoms. The Kier molecular flexibility index (Phi) is 8.20. The summed E-state index contributed by atoms with van der Waals surface area (Å²) in [6.07, 6.45) is -6.96. The molecule has 204 valence electrons. The number of benzene rings is 2. The first-order valence-corrected chi connectivity index (χ1v) is 11.5. The number of hydrogen-bond acceptors (Lipinski definition) is 6. The molecular formula is C24H23ClF4N4O5. The van der Waals surface area contributed by atoms with Gasteiger partial charge in [0, 0.05) is 23.3 Å². The molecule has 0 aliphatic carbocycles. The summed E-state index contributed by atoms with van der Waals surface area (Å²) in [7, 11) is 0. The Morgan fingerprint density at radius 1 is 1.13 bits per heavy atom. The highest BCUT2D eigenvalue weighted by Gasteiger charge is 2.38. The van der Waals surface area contributed by atoms with Gasteiger partial charge in [-0.3, -0.25) is 9.36 Å². The quantitative estimate of drug-likeness (QED) is 0.373. The van der Waals surface area contributed by atoms with Crippen LogP contribution in [0.25, 0.3) is 0 Å². The van der Waals surface area contributed by atoms with Crippen LogP contribution in [0.15, 0.2) is 52.1 Å². The second-order valence-electron chi connectivity index (χ2n) is 9.06. The summed E-state index contributed by atoms with van der Waals surface area (Å²) in [5.74, 6) is -3.34. The number of nitrogens with one attached hydrogen (secondary N) is 1. The van der Waals surface area contributed by atoms with Crippen molar-refractivity contribution in [1.29, 1.82) is 0 Å². The van der Waals surface area contributed by atoms with Crippen LogP contribution in [0.3, 0.4) is 0 Å². The largest absolute Gasteiger partial charge is 0.481 e. The number of hydrogen-bond donors (Lipinski definition) is 2. The third-order valence-electron chi connectivity index (χ3n) is 5.49. The Hall–Kier alpha value is -3.87. The Labute approximate surface area is 218 Å². The number of nitrogens with zero attached hydrogens (tertiary/aromatic N) is 3. The molecule has 0 fully saturated rings. The number of carboxylic acid groups (broad SMARTS) is 1. The number of alkyl halides is 3. The predicted octanol–water partition coefficient (Wildman–Crippen LogP) is 4.43. The Morgan fingerprint density at radius 2 is 1.76 bits per heavy atom. The van der Waals surface area contributed by atoms with Gasteiger partial charge in [-0.1, -0.05) is 23.7 Å². The number of aliphatic carboxylic acids is 1. The lowest BCUT2D eigenvalue weighted by Gasteiger charge is -2.21. The second-order valence-corrected chi connectivity index (χ2v) is 9.50. The molecule has 1 aromatic heterocycles. The zero-order chi connectivity index (χ0) is 28.4. The third-order valence-corrected chi connectivity index (χ3v) is 5.74. The fraction of sp³-hybridized carbons (Fsp3) is 0.333. The Bertz CT molecular complexity index is 1450. The molecule has 2 aromatic carbocycles. The van der Waals surface area contributed by atoms with Gasteiger partial charge in [-0.25, -0.2) is 18.5 Å². The van der Waals surface area contributed by atoms with Crippen molar-refractivity contribution in [3.05, 3.63) is 79.8 Å².